The maximum atomic E-state index is 13.1. The number of phosphoric ester groups is 2. The lowest BCUT2D eigenvalue weighted by atomic mass is 9.99. The summed E-state index contributed by atoms with van der Waals surface area (Å²) in [5, 5.41) is 10.6. The van der Waals surface area contributed by atoms with Gasteiger partial charge in [0, 0.05) is 25.7 Å². The van der Waals surface area contributed by atoms with Gasteiger partial charge in [0.1, 0.15) is 19.3 Å². The number of hydrogen-bond acceptors (Lipinski definition) is 15. The van der Waals surface area contributed by atoms with Crippen molar-refractivity contribution in [3.05, 3.63) is 0 Å². The van der Waals surface area contributed by atoms with Crippen molar-refractivity contribution in [3.63, 3.8) is 0 Å². The molecule has 3 N–H and O–H groups in total. The molecule has 0 radical (unpaired) electrons. The molecule has 0 rings (SSSR count). The molecule has 97 heavy (non-hydrogen) atoms. The number of phosphoric acid groups is 2. The molecule has 0 aromatic heterocycles. The monoisotopic (exact) mass is 1420 g/mol. The molecular formula is C78H152O17P2. The number of rotatable bonds is 76. The number of carbonyl (C=O) groups excluding carboxylic acids is 4. The predicted molar refractivity (Wildman–Crippen MR) is 395 cm³/mol. The zero-order valence-electron chi connectivity index (χ0n) is 63.5. The molecule has 0 aliphatic rings. The number of esters is 4. The van der Waals surface area contributed by atoms with Crippen LogP contribution in [0.3, 0.4) is 0 Å². The van der Waals surface area contributed by atoms with Gasteiger partial charge in [0.15, 0.2) is 12.2 Å². The first-order valence-corrected chi connectivity index (χ1v) is 43.4. The van der Waals surface area contributed by atoms with E-state index in [9.17, 15) is 43.2 Å². The van der Waals surface area contributed by atoms with Gasteiger partial charge >= 0.3 is 39.5 Å². The van der Waals surface area contributed by atoms with E-state index in [1.807, 2.05) is 0 Å². The van der Waals surface area contributed by atoms with E-state index >= 15 is 0 Å². The van der Waals surface area contributed by atoms with Crippen molar-refractivity contribution in [1.29, 1.82) is 0 Å². The van der Waals surface area contributed by atoms with Crippen molar-refractivity contribution in [2.75, 3.05) is 39.6 Å². The highest BCUT2D eigenvalue weighted by Crippen LogP contribution is 2.45. The molecule has 0 fully saturated rings. The van der Waals surface area contributed by atoms with Gasteiger partial charge in [-0.1, -0.05) is 350 Å². The van der Waals surface area contributed by atoms with Crippen LogP contribution in [-0.2, 0) is 65.4 Å². The van der Waals surface area contributed by atoms with Crippen LogP contribution in [0, 0.1) is 17.8 Å². The Morgan fingerprint density at radius 2 is 0.526 bits per heavy atom. The van der Waals surface area contributed by atoms with Gasteiger partial charge in [-0.3, -0.25) is 37.3 Å². The van der Waals surface area contributed by atoms with Gasteiger partial charge in [-0.05, 0) is 43.4 Å². The standard InChI is InChI=1S/C78H152O17P2/c1-8-11-12-13-14-15-25-33-38-47-54-61-77(82)95-74(66-89-76(81)60-53-46-41-40-44-51-58-71(7)10-3)68-93-97(86,87)91-64-72(79)63-90-96(84,85)92-67-73(65-88-75(80)59-52-45-37-32-29-24-26-30-35-42-49-56-69(4)5)94-78(83)62-55-48-39-34-28-23-21-19-17-16-18-20-22-27-31-36-43-50-57-70(6)9-2/h69-74,79H,8-68H2,1-7H3,(H,84,85)(H,86,87)/t70?,71?,72-,73-,74-/m1/s1. The Hall–Kier alpha value is -1.94. The lowest BCUT2D eigenvalue weighted by molar-refractivity contribution is -0.161. The largest absolute Gasteiger partial charge is 0.472 e. The first-order chi connectivity index (χ1) is 46.8. The Bertz CT molecular complexity index is 1890. The predicted octanol–water partition coefficient (Wildman–Crippen LogP) is 23.0. The number of unbranched alkanes of at least 4 members (excludes halogenated alkanes) is 42. The van der Waals surface area contributed by atoms with E-state index in [0.717, 1.165) is 114 Å². The molecule has 0 saturated heterocycles. The molecule has 0 saturated carbocycles. The fourth-order valence-electron chi connectivity index (χ4n) is 11.9. The molecule has 576 valence electrons. The molecule has 0 spiro atoms. The molecule has 0 bridgehead atoms. The molecule has 4 unspecified atom stereocenters. The zero-order chi connectivity index (χ0) is 71.6. The van der Waals surface area contributed by atoms with E-state index in [2.05, 4.69) is 48.5 Å². The minimum Gasteiger partial charge on any atom is -0.462 e. The maximum absolute atomic E-state index is 13.1. The topological polar surface area (TPSA) is 237 Å². The Labute approximate surface area is 594 Å². The fourth-order valence-corrected chi connectivity index (χ4v) is 13.5. The van der Waals surface area contributed by atoms with Gasteiger partial charge in [0.25, 0.3) is 0 Å². The van der Waals surface area contributed by atoms with Gasteiger partial charge in [-0.2, -0.15) is 0 Å². The lowest BCUT2D eigenvalue weighted by Gasteiger charge is -2.21. The minimum atomic E-state index is -4.96. The molecule has 19 heteroatoms. The van der Waals surface area contributed by atoms with Crippen molar-refractivity contribution in [1.82, 2.24) is 0 Å². The second-order valence-corrected chi connectivity index (χ2v) is 32.0. The summed E-state index contributed by atoms with van der Waals surface area (Å²) in [6.07, 6.45) is 55.5. The third-order valence-corrected chi connectivity index (χ3v) is 20.8. The fraction of sp³-hybridized carbons (Fsp3) is 0.949. The van der Waals surface area contributed by atoms with Gasteiger partial charge in [0.2, 0.25) is 0 Å². The van der Waals surface area contributed by atoms with Crippen LogP contribution in [0.4, 0.5) is 0 Å². The van der Waals surface area contributed by atoms with Crippen LogP contribution in [0.5, 0.6) is 0 Å². The van der Waals surface area contributed by atoms with Crippen LogP contribution >= 0.6 is 15.6 Å². The van der Waals surface area contributed by atoms with Crippen LogP contribution in [-0.4, -0.2) is 96.7 Å². The molecule has 0 aromatic rings. The first-order valence-electron chi connectivity index (χ1n) is 40.4. The van der Waals surface area contributed by atoms with E-state index in [1.54, 1.807) is 0 Å². The molecule has 17 nitrogen and oxygen atoms in total. The molecule has 0 amide bonds. The van der Waals surface area contributed by atoms with Gasteiger partial charge in [0.05, 0.1) is 26.4 Å². The number of carbonyl (C=O) groups is 4. The van der Waals surface area contributed by atoms with Gasteiger partial charge in [-0.15, -0.1) is 0 Å². The highest BCUT2D eigenvalue weighted by Gasteiger charge is 2.30. The number of aliphatic hydroxyl groups is 1. The van der Waals surface area contributed by atoms with Crippen LogP contribution in [0.1, 0.15) is 402 Å². The highest BCUT2D eigenvalue weighted by molar-refractivity contribution is 7.47. The van der Waals surface area contributed by atoms with Crippen molar-refractivity contribution >= 4 is 39.5 Å². The Balaban J connectivity index is 5.20. The summed E-state index contributed by atoms with van der Waals surface area (Å²) in [7, 11) is -9.91. The van der Waals surface area contributed by atoms with Crippen molar-refractivity contribution < 1.29 is 80.2 Å². The minimum absolute atomic E-state index is 0.106. The molecule has 0 aromatic carbocycles. The molecule has 0 aliphatic carbocycles. The van der Waals surface area contributed by atoms with E-state index in [-0.39, 0.29) is 25.7 Å². The average Bonchev–Trinajstić information content (AvgIpc) is 2.44. The summed E-state index contributed by atoms with van der Waals surface area (Å²) in [4.78, 5) is 72.8. The summed E-state index contributed by atoms with van der Waals surface area (Å²) in [5.74, 6) is 0.257. The van der Waals surface area contributed by atoms with Crippen molar-refractivity contribution in [3.8, 4) is 0 Å². The Kier molecular flexibility index (Phi) is 67.1. The molecule has 0 aliphatic heterocycles. The van der Waals surface area contributed by atoms with Gasteiger partial charge < -0.3 is 33.8 Å². The van der Waals surface area contributed by atoms with Crippen LogP contribution in [0.2, 0.25) is 0 Å². The van der Waals surface area contributed by atoms with E-state index < -0.39 is 97.5 Å². The number of aliphatic hydroxyl groups excluding tert-OH is 1. The summed E-state index contributed by atoms with van der Waals surface area (Å²) < 4.78 is 68.5. The average molecular weight is 1420 g/mol. The van der Waals surface area contributed by atoms with E-state index in [0.29, 0.717) is 25.7 Å². The van der Waals surface area contributed by atoms with E-state index in [4.69, 9.17) is 37.0 Å². The van der Waals surface area contributed by atoms with E-state index in [1.165, 1.54) is 205 Å². The molecule has 7 atom stereocenters. The third kappa shape index (κ3) is 69.5. The maximum Gasteiger partial charge on any atom is 0.472 e. The quantitative estimate of drug-likeness (QED) is 0.0222. The number of ether oxygens (including phenoxy) is 4. The van der Waals surface area contributed by atoms with Crippen molar-refractivity contribution in [2.24, 2.45) is 17.8 Å². The number of hydrogen-bond donors (Lipinski definition) is 3. The second-order valence-electron chi connectivity index (χ2n) is 29.1. The van der Waals surface area contributed by atoms with Gasteiger partial charge in [-0.25, -0.2) is 9.13 Å². The molecule has 0 heterocycles. The third-order valence-electron chi connectivity index (χ3n) is 18.9. The van der Waals surface area contributed by atoms with Crippen LogP contribution in [0.25, 0.3) is 0 Å². The van der Waals surface area contributed by atoms with Crippen molar-refractivity contribution in [2.45, 2.75) is 420 Å². The Morgan fingerprint density at radius 1 is 0.299 bits per heavy atom. The summed E-state index contributed by atoms with van der Waals surface area (Å²) in [5.41, 5.74) is 0. The van der Waals surface area contributed by atoms with Crippen LogP contribution in [0.15, 0.2) is 0 Å². The summed E-state index contributed by atoms with van der Waals surface area (Å²) in [6, 6.07) is 0. The SMILES string of the molecule is CCCCCCCCCCCCCC(=O)O[C@H](COC(=O)CCCCCCCCC(C)CC)COP(=O)(O)OC[C@H](O)COP(=O)(O)OC[C@@H](COC(=O)CCCCCCCCCCCCCC(C)C)OC(=O)CCCCCCCCCCCCCCCCCCCCC(C)CC. The zero-order valence-corrected chi connectivity index (χ0v) is 65.3. The van der Waals surface area contributed by atoms with Crippen LogP contribution < -0.4 is 0 Å². The first kappa shape index (κ1) is 95.1. The molecular weight excluding hydrogens is 1270 g/mol. The lowest BCUT2D eigenvalue weighted by Crippen LogP contribution is -2.30. The smallest absolute Gasteiger partial charge is 0.462 e. The summed E-state index contributed by atoms with van der Waals surface area (Å²) in [6.45, 7) is 11.9. The summed E-state index contributed by atoms with van der Waals surface area (Å²) >= 11 is 0. The normalized spacial score (nSPS) is 14.6. The second kappa shape index (κ2) is 68.5. The highest BCUT2D eigenvalue weighted by atomic mass is 31.2. The Morgan fingerprint density at radius 3 is 0.784 bits per heavy atom.